The Bertz CT molecular complexity index is 512. The molecule has 1 aromatic carbocycles. The molecule has 0 saturated carbocycles. The van der Waals surface area contributed by atoms with E-state index in [1.54, 1.807) is 10.4 Å². The number of nitrogens with zero attached hydrogens (tertiary/aromatic N) is 1. The summed E-state index contributed by atoms with van der Waals surface area (Å²) in [4.78, 5) is 0.426. The van der Waals surface area contributed by atoms with Crippen molar-refractivity contribution in [1.82, 2.24) is 9.62 Å². The van der Waals surface area contributed by atoms with Gasteiger partial charge in [-0.1, -0.05) is 26.0 Å². The molecule has 0 bridgehead atoms. The maximum atomic E-state index is 12.6. The third kappa shape index (κ3) is 3.78. The van der Waals surface area contributed by atoms with Crippen molar-refractivity contribution >= 4 is 10.0 Å². The van der Waals surface area contributed by atoms with Crippen LogP contribution in [0.25, 0.3) is 0 Å². The van der Waals surface area contributed by atoms with Crippen LogP contribution in [0.1, 0.15) is 31.4 Å². The zero-order valence-electron chi connectivity index (χ0n) is 12.2. The molecular formula is C14H24N2O2S. The summed E-state index contributed by atoms with van der Waals surface area (Å²) in [6, 6.07) is 5.61. The number of sulfonamides is 1. The SMILES string of the molecule is CCCN(CC)S(=O)(=O)c1cc(CNC)ccc1C. The number of benzene rings is 1. The third-order valence-corrected chi connectivity index (χ3v) is 5.19. The Morgan fingerprint density at radius 3 is 2.47 bits per heavy atom. The van der Waals surface area contributed by atoms with Gasteiger partial charge >= 0.3 is 0 Å². The second-order valence-electron chi connectivity index (χ2n) is 4.63. The summed E-state index contributed by atoms with van der Waals surface area (Å²) in [7, 11) is -1.53. The van der Waals surface area contributed by atoms with Crippen LogP contribution in [0.2, 0.25) is 0 Å². The Hall–Kier alpha value is -0.910. The minimum Gasteiger partial charge on any atom is -0.316 e. The topological polar surface area (TPSA) is 49.4 Å². The van der Waals surface area contributed by atoms with E-state index in [0.717, 1.165) is 17.5 Å². The number of aryl methyl sites for hydroxylation is 1. The fourth-order valence-corrected chi connectivity index (χ4v) is 3.89. The van der Waals surface area contributed by atoms with Crippen molar-refractivity contribution in [2.24, 2.45) is 0 Å². The molecule has 1 rings (SSSR count). The van der Waals surface area contributed by atoms with Crippen molar-refractivity contribution in [3.8, 4) is 0 Å². The van der Waals surface area contributed by atoms with Gasteiger partial charge in [0.05, 0.1) is 4.90 Å². The summed E-state index contributed by atoms with van der Waals surface area (Å²) in [6.07, 6.45) is 0.822. The average Bonchev–Trinajstić information content (AvgIpc) is 2.38. The fraction of sp³-hybridized carbons (Fsp3) is 0.571. The van der Waals surface area contributed by atoms with E-state index in [2.05, 4.69) is 5.32 Å². The molecule has 0 fully saturated rings. The lowest BCUT2D eigenvalue weighted by molar-refractivity contribution is 0.426. The predicted octanol–water partition coefficient (Wildman–Crippen LogP) is 2.14. The average molecular weight is 284 g/mol. The Kier molecular flexibility index (Phi) is 5.97. The molecule has 0 spiro atoms. The predicted molar refractivity (Wildman–Crippen MR) is 78.7 cm³/mol. The lowest BCUT2D eigenvalue weighted by Gasteiger charge is -2.21. The molecule has 1 aromatic rings. The van der Waals surface area contributed by atoms with Crippen molar-refractivity contribution in [2.45, 2.75) is 38.6 Å². The second kappa shape index (κ2) is 7.03. The molecule has 0 aliphatic carbocycles. The van der Waals surface area contributed by atoms with Gasteiger partial charge in [-0.05, 0) is 37.6 Å². The first-order valence-corrected chi connectivity index (χ1v) is 8.15. The number of rotatable bonds is 7. The van der Waals surface area contributed by atoms with Gasteiger partial charge in [0, 0.05) is 19.6 Å². The molecule has 0 aliphatic rings. The molecule has 19 heavy (non-hydrogen) atoms. The fourth-order valence-electron chi connectivity index (χ4n) is 2.07. The summed E-state index contributed by atoms with van der Waals surface area (Å²) in [6.45, 7) is 7.45. The summed E-state index contributed by atoms with van der Waals surface area (Å²) in [5, 5.41) is 3.04. The van der Waals surface area contributed by atoms with Gasteiger partial charge in [-0.3, -0.25) is 0 Å². The molecule has 0 heterocycles. The van der Waals surface area contributed by atoms with Crippen molar-refractivity contribution in [3.63, 3.8) is 0 Å². The lowest BCUT2D eigenvalue weighted by Crippen LogP contribution is -2.32. The molecule has 0 aromatic heterocycles. The van der Waals surface area contributed by atoms with Crippen molar-refractivity contribution < 1.29 is 8.42 Å². The van der Waals surface area contributed by atoms with Crippen LogP contribution in [0.15, 0.2) is 23.1 Å². The van der Waals surface area contributed by atoms with Crippen LogP contribution in [0.3, 0.4) is 0 Å². The van der Waals surface area contributed by atoms with Gasteiger partial charge in [-0.2, -0.15) is 4.31 Å². The largest absolute Gasteiger partial charge is 0.316 e. The zero-order valence-corrected chi connectivity index (χ0v) is 13.0. The molecule has 0 saturated heterocycles. The molecule has 0 radical (unpaired) electrons. The second-order valence-corrected chi connectivity index (χ2v) is 6.53. The smallest absolute Gasteiger partial charge is 0.243 e. The molecule has 108 valence electrons. The van der Waals surface area contributed by atoms with Crippen LogP contribution in [-0.2, 0) is 16.6 Å². The van der Waals surface area contributed by atoms with Gasteiger partial charge in [0.2, 0.25) is 10.0 Å². The van der Waals surface area contributed by atoms with Crippen LogP contribution in [0.5, 0.6) is 0 Å². The molecule has 0 unspecified atom stereocenters. The van der Waals surface area contributed by atoms with Gasteiger partial charge in [0.25, 0.3) is 0 Å². The molecular weight excluding hydrogens is 260 g/mol. The first-order chi connectivity index (χ1) is 8.97. The molecule has 4 nitrogen and oxygen atoms in total. The van der Waals surface area contributed by atoms with Gasteiger partial charge in [0.1, 0.15) is 0 Å². The first kappa shape index (κ1) is 16.1. The highest BCUT2D eigenvalue weighted by Crippen LogP contribution is 2.21. The van der Waals surface area contributed by atoms with Gasteiger partial charge in [-0.15, -0.1) is 0 Å². The van der Waals surface area contributed by atoms with Crippen LogP contribution < -0.4 is 5.32 Å². The quantitative estimate of drug-likeness (QED) is 0.834. The highest BCUT2D eigenvalue weighted by Gasteiger charge is 2.24. The minimum absolute atomic E-state index is 0.426. The van der Waals surface area contributed by atoms with E-state index >= 15 is 0 Å². The Morgan fingerprint density at radius 1 is 1.26 bits per heavy atom. The number of hydrogen-bond donors (Lipinski definition) is 1. The van der Waals surface area contributed by atoms with Crippen molar-refractivity contribution in [3.05, 3.63) is 29.3 Å². The first-order valence-electron chi connectivity index (χ1n) is 6.71. The van der Waals surface area contributed by atoms with E-state index < -0.39 is 10.0 Å². The lowest BCUT2D eigenvalue weighted by atomic mass is 10.1. The maximum absolute atomic E-state index is 12.6. The minimum atomic E-state index is -3.38. The van der Waals surface area contributed by atoms with Gasteiger partial charge in [0.15, 0.2) is 0 Å². The van der Waals surface area contributed by atoms with E-state index in [4.69, 9.17) is 0 Å². The summed E-state index contributed by atoms with van der Waals surface area (Å²) < 4.78 is 26.8. The maximum Gasteiger partial charge on any atom is 0.243 e. The zero-order chi connectivity index (χ0) is 14.5. The molecule has 0 amide bonds. The monoisotopic (exact) mass is 284 g/mol. The normalized spacial score (nSPS) is 12.1. The Labute approximate surface area is 116 Å². The van der Waals surface area contributed by atoms with E-state index in [0.29, 0.717) is 24.5 Å². The van der Waals surface area contributed by atoms with Crippen molar-refractivity contribution in [2.75, 3.05) is 20.1 Å². The summed E-state index contributed by atoms with van der Waals surface area (Å²) >= 11 is 0. The van der Waals surface area contributed by atoms with E-state index in [1.807, 2.05) is 40.0 Å². The summed E-state index contributed by atoms with van der Waals surface area (Å²) in [5.41, 5.74) is 1.79. The summed E-state index contributed by atoms with van der Waals surface area (Å²) in [5.74, 6) is 0. The van der Waals surface area contributed by atoms with Crippen LogP contribution in [0.4, 0.5) is 0 Å². The van der Waals surface area contributed by atoms with Gasteiger partial charge in [-0.25, -0.2) is 8.42 Å². The van der Waals surface area contributed by atoms with Crippen LogP contribution in [0, 0.1) is 6.92 Å². The van der Waals surface area contributed by atoms with E-state index in [1.165, 1.54) is 0 Å². The number of nitrogens with one attached hydrogen (secondary N) is 1. The number of hydrogen-bond acceptors (Lipinski definition) is 3. The molecule has 5 heteroatoms. The Balaban J connectivity index is 3.22. The Morgan fingerprint density at radius 2 is 1.95 bits per heavy atom. The third-order valence-electron chi connectivity index (χ3n) is 3.08. The van der Waals surface area contributed by atoms with Gasteiger partial charge < -0.3 is 5.32 Å². The molecule has 1 N–H and O–H groups in total. The van der Waals surface area contributed by atoms with E-state index in [9.17, 15) is 8.42 Å². The van der Waals surface area contributed by atoms with E-state index in [-0.39, 0.29) is 0 Å². The highest BCUT2D eigenvalue weighted by atomic mass is 32.2. The molecule has 0 atom stereocenters. The highest BCUT2D eigenvalue weighted by molar-refractivity contribution is 7.89. The standard InChI is InChI=1S/C14H24N2O2S/c1-5-9-16(6-2)19(17,18)14-10-13(11-15-4)8-7-12(14)3/h7-8,10,15H,5-6,9,11H2,1-4H3. The van der Waals surface area contributed by atoms with Crippen LogP contribution in [-0.4, -0.2) is 32.9 Å². The van der Waals surface area contributed by atoms with Crippen molar-refractivity contribution in [1.29, 1.82) is 0 Å². The van der Waals surface area contributed by atoms with Crippen LogP contribution >= 0.6 is 0 Å². The molecule has 0 aliphatic heterocycles.